The Balaban J connectivity index is 1.66. The molecule has 0 radical (unpaired) electrons. The first kappa shape index (κ1) is 20.8. The van der Waals surface area contributed by atoms with Crippen molar-refractivity contribution in [3.8, 4) is 0 Å². The number of aromatic nitrogens is 2. The van der Waals surface area contributed by atoms with Crippen molar-refractivity contribution >= 4 is 16.8 Å². The van der Waals surface area contributed by atoms with Gasteiger partial charge in [0.05, 0.1) is 23.3 Å². The minimum Gasteiger partial charge on any atom is -0.349 e. The number of para-hydroxylation sites is 1. The largest absolute Gasteiger partial charge is 0.349 e. The van der Waals surface area contributed by atoms with Gasteiger partial charge in [0.2, 0.25) is 5.91 Å². The van der Waals surface area contributed by atoms with Gasteiger partial charge in [-0.15, -0.1) is 0 Å². The molecule has 3 rings (SSSR count). The van der Waals surface area contributed by atoms with Crippen molar-refractivity contribution in [3.05, 3.63) is 76.3 Å². The summed E-state index contributed by atoms with van der Waals surface area (Å²) in [5, 5.41) is 3.71. The van der Waals surface area contributed by atoms with Gasteiger partial charge in [0, 0.05) is 13.0 Å². The number of benzene rings is 2. The molecular formula is C24H29N3O2. The van der Waals surface area contributed by atoms with Crippen LogP contribution in [0.2, 0.25) is 0 Å². The normalized spacial score (nSPS) is 12.3. The molecule has 0 saturated heterocycles. The van der Waals surface area contributed by atoms with E-state index in [2.05, 4.69) is 55.3 Å². The van der Waals surface area contributed by atoms with E-state index in [4.69, 9.17) is 0 Å². The topological polar surface area (TPSA) is 64.0 Å². The fraction of sp³-hybridized carbons (Fsp3) is 0.375. The number of nitrogens with zero attached hydrogens (tertiary/aromatic N) is 2. The molecule has 3 aromatic rings. The van der Waals surface area contributed by atoms with Gasteiger partial charge in [0.1, 0.15) is 0 Å². The smallest absolute Gasteiger partial charge is 0.261 e. The van der Waals surface area contributed by atoms with Gasteiger partial charge in [0.25, 0.3) is 5.56 Å². The first-order valence-electron chi connectivity index (χ1n) is 10.3. The lowest BCUT2D eigenvalue weighted by Gasteiger charge is -2.23. The van der Waals surface area contributed by atoms with Crippen molar-refractivity contribution in [1.29, 1.82) is 0 Å². The summed E-state index contributed by atoms with van der Waals surface area (Å²) in [5.74, 6) is 0.197. The molecule has 1 aromatic heterocycles. The Morgan fingerprint density at radius 3 is 2.52 bits per heavy atom. The fourth-order valence-corrected chi connectivity index (χ4v) is 3.55. The van der Waals surface area contributed by atoms with Crippen LogP contribution >= 0.6 is 0 Å². The standard InChI is InChI=1S/C24H29N3O2/c1-4-7-18-10-12-19(13-11-18)23(17(2)3)26-22(28)14-15-27-16-25-21-9-6-5-8-20(21)24(27)29/h5-6,8-13,16-17,23H,4,7,14-15H2,1-3H3,(H,26,28). The third-order valence-electron chi connectivity index (χ3n) is 5.17. The van der Waals surface area contributed by atoms with Crippen LogP contribution in [-0.4, -0.2) is 15.5 Å². The van der Waals surface area contributed by atoms with Crippen LogP contribution in [0.1, 0.15) is 50.8 Å². The highest BCUT2D eigenvalue weighted by Crippen LogP contribution is 2.22. The van der Waals surface area contributed by atoms with Crippen molar-refractivity contribution < 1.29 is 4.79 Å². The molecule has 0 spiro atoms. The molecule has 1 unspecified atom stereocenters. The van der Waals surface area contributed by atoms with Crippen LogP contribution in [0.3, 0.4) is 0 Å². The summed E-state index contributed by atoms with van der Waals surface area (Å²) in [6.45, 7) is 6.68. The van der Waals surface area contributed by atoms with E-state index in [1.807, 2.05) is 18.2 Å². The molecular weight excluding hydrogens is 362 g/mol. The van der Waals surface area contributed by atoms with Crippen molar-refractivity contribution in [3.63, 3.8) is 0 Å². The zero-order valence-corrected chi connectivity index (χ0v) is 17.4. The quantitative estimate of drug-likeness (QED) is 0.624. The highest BCUT2D eigenvalue weighted by Gasteiger charge is 2.18. The number of hydrogen-bond donors (Lipinski definition) is 1. The Labute approximate surface area is 171 Å². The predicted molar refractivity (Wildman–Crippen MR) is 117 cm³/mol. The molecule has 1 atom stereocenters. The van der Waals surface area contributed by atoms with Crippen LogP contribution in [0.5, 0.6) is 0 Å². The minimum atomic E-state index is -0.115. The van der Waals surface area contributed by atoms with E-state index in [-0.39, 0.29) is 29.8 Å². The van der Waals surface area contributed by atoms with E-state index in [0.717, 1.165) is 18.4 Å². The van der Waals surface area contributed by atoms with Crippen molar-refractivity contribution in [2.75, 3.05) is 0 Å². The van der Waals surface area contributed by atoms with Crippen molar-refractivity contribution in [1.82, 2.24) is 14.9 Å². The second-order valence-corrected chi connectivity index (χ2v) is 7.79. The van der Waals surface area contributed by atoms with Crippen LogP contribution in [0.15, 0.2) is 59.7 Å². The molecule has 0 saturated carbocycles. The van der Waals surface area contributed by atoms with E-state index in [1.54, 1.807) is 6.07 Å². The van der Waals surface area contributed by atoms with E-state index < -0.39 is 0 Å². The van der Waals surface area contributed by atoms with Crippen LogP contribution in [0.25, 0.3) is 10.9 Å². The third kappa shape index (κ3) is 5.11. The summed E-state index contributed by atoms with van der Waals surface area (Å²) in [5.41, 5.74) is 2.98. The summed E-state index contributed by atoms with van der Waals surface area (Å²) in [6.07, 6.45) is 3.93. The van der Waals surface area contributed by atoms with Gasteiger partial charge in [-0.25, -0.2) is 4.98 Å². The second-order valence-electron chi connectivity index (χ2n) is 7.79. The summed E-state index contributed by atoms with van der Waals surface area (Å²) in [7, 11) is 0. The number of carbonyl (C=O) groups is 1. The highest BCUT2D eigenvalue weighted by atomic mass is 16.2. The minimum absolute atomic E-state index is 0.0513. The Bertz CT molecular complexity index is 1020. The van der Waals surface area contributed by atoms with Crippen LogP contribution in [0, 0.1) is 5.92 Å². The molecule has 2 aromatic carbocycles. The number of amides is 1. The SMILES string of the molecule is CCCc1ccc(C(NC(=O)CCn2cnc3ccccc3c2=O)C(C)C)cc1. The molecule has 1 heterocycles. The zero-order chi connectivity index (χ0) is 20.8. The molecule has 1 amide bonds. The van der Waals surface area contributed by atoms with Crippen LogP contribution < -0.4 is 10.9 Å². The number of carbonyl (C=O) groups excluding carboxylic acids is 1. The number of aryl methyl sites for hydroxylation is 2. The summed E-state index contributed by atoms with van der Waals surface area (Å²) in [4.78, 5) is 29.5. The maximum Gasteiger partial charge on any atom is 0.261 e. The van der Waals surface area contributed by atoms with Gasteiger partial charge in [0.15, 0.2) is 0 Å². The summed E-state index contributed by atoms with van der Waals surface area (Å²) >= 11 is 0. The van der Waals surface area contributed by atoms with Gasteiger partial charge < -0.3 is 5.32 Å². The second kappa shape index (κ2) is 9.50. The monoisotopic (exact) mass is 391 g/mol. The van der Waals surface area contributed by atoms with Crippen LogP contribution in [-0.2, 0) is 17.8 Å². The van der Waals surface area contributed by atoms with Gasteiger partial charge in [-0.1, -0.05) is 63.6 Å². The highest BCUT2D eigenvalue weighted by molar-refractivity contribution is 5.77. The number of fused-ring (bicyclic) bond motifs is 1. The van der Waals surface area contributed by atoms with Crippen LogP contribution in [0.4, 0.5) is 0 Å². The molecule has 152 valence electrons. The molecule has 1 N–H and O–H groups in total. The average molecular weight is 392 g/mol. The van der Waals surface area contributed by atoms with Crippen molar-refractivity contribution in [2.45, 2.75) is 52.6 Å². The first-order chi connectivity index (χ1) is 14.0. The maximum absolute atomic E-state index is 12.6. The Kier molecular flexibility index (Phi) is 6.81. The molecule has 5 nitrogen and oxygen atoms in total. The van der Waals surface area contributed by atoms with E-state index in [9.17, 15) is 9.59 Å². The lowest BCUT2D eigenvalue weighted by Crippen LogP contribution is -2.33. The molecule has 29 heavy (non-hydrogen) atoms. The third-order valence-corrected chi connectivity index (χ3v) is 5.17. The molecule has 5 heteroatoms. The van der Waals surface area contributed by atoms with Gasteiger partial charge in [-0.3, -0.25) is 14.2 Å². The molecule has 0 aliphatic rings. The predicted octanol–water partition coefficient (Wildman–Crippen LogP) is 4.25. The number of rotatable bonds is 8. The Morgan fingerprint density at radius 1 is 1.10 bits per heavy atom. The number of hydrogen-bond acceptors (Lipinski definition) is 3. The van der Waals surface area contributed by atoms with E-state index in [0.29, 0.717) is 17.4 Å². The summed E-state index contributed by atoms with van der Waals surface area (Å²) in [6, 6.07) is 15.7. The molecule has 0 aliphatic heterocycles. The maximum atomic E-state index is 12.6. The zero-order valence-electron chi connectivity index (χ0n) is 17.4. The van der Waals surface area contributed by atoms with Gasteiger partial charge in [-0.2, -0.15) is 0 Å². The van der Waals surface area contributed by atoms with E-state index >= 15 is 0 Å². The lowest BCUT2D eigenvalue weighted by atomic mass is 9.94. The molecule has 0 fully saturated rings. The summed E-state index contributed by atoms with van der Waals surface area (Å²) < 4.78 is 1.51. The van der Waals surface area contributed by atoms with Crippen molar-refractivity contribution in [2.24, 2.45) is 5.92 Å². The molecule has 0 aliphatic carbocycles. The average Bonchev–Trinajstić information content (AvgIpc) is 2.72. The Hall–Kier alpha value is -2.95. The fourth-order valence-electron chi connectivity index (χ4n) is 3.55. The van der Waals surface area contributed by atoms with E-state index in [1.165, 1.54) is 16.5 Å². The molecule has 0 bridgehead atoms. The number of nitrogens with one attached hydrogen (secondary N) is 1. The van der Waals surface area contributed by atoms with Gasteiger partial charge in [-0.05, 0) is 35.6 Å². The Morgan fingerprint density at radius 2 is 1.83 bits per heavy atom. The first-order valence-corrected chi connectivity index (χ1v) is 10.3. The van der Waals surface area contributed by atoms with Gasteiger partial charge >= 0.3 is 0 Å². The lowest BCUT2D eigenvalue weighted by molar-refractivity contribution is -0.122.